The molecule has 3 N–H and O–H groups in total. The summed E-state index contributed by atoms with van der Waals surface area (Å²) in [6.45, 7) is 10.3. The molecule has 0 saturated heterocycles. The lowest BCUT2D eigenvalue weighted by Crippen LogP contribution is -2.04. The highest BCUT2D eigenvalue weighted by Crippen LogP contribution is 2.38. The van der Waals surface area contributed by atoms with Crippen LogP contribution in [0.3, 0.4) is 0 Å². The van der Waals surface area contributed by atoms with Gasteiger partial charge in [0.25, 0.3) is 0 Å². The standard InChI is InChI=1S/C24H22N6O/c1-16-7-9-17(10-8-16)21-20(14-19(26-2)18-6-3-4-11-27-18)30(12-5-13-31)24-22(21)23(25)28-15-29-24/h3-4,6-11,14-15,31H,5,12-13H2,1H3,(H2,25,28,29)/b19-14-. The molecule has 154 valence electrons. The zero-order chi connectivity index (χ0) is 21.8. The number of anilines is 1. The summed E-state index contributed by atoms with van der Waals surface area (Å²) in [5.74, 6) is 0.375. The molecule has 0 fully saturated rings. The molecule has 0 spiro atoms. The van der Waals surface area contributed by atoms with E-state index in [9.17, 15) is 5.11 Å². The van der Waals surface area contributed by atoms with Gasteiger partial charge in [-0.1, -0.05) is 35.9 Å². The molecular formula is C24H22N6O. The van der Waals surface area contributed by atoms with Crippen molar-refractivity contribution in [1.82, 2.24) is 19.5 Å². The lowest BCUT2D eigenvalue weighted by molar-refractivity contribution is 0.280. The molecule has 4 rings (SSSR count). The van der Waals surface area contributed by atoms with Gasteiger partial charge in [-0.15, -0.1) is 0 Å². The molecule has 3 heterocycles. The fourth-order valence-electron chi connectivity index (χ4n) is 3.64. The summed E-state index contributed by atoms with van der Waals surface area (Å²) >= 11 is 0. The highest BCUT2D eigenvalue weighted by Gasteiger charge is 2.21. The first-order valence-corrected chi connectivity index (χ1v) is 9.95. The van der Waals surface area contributed by atoms with Crippen LogP contribution in [0.2, 0.25) is 0 Å². The van der Waals surface area contributed by atoms with E-state index < -0.39 is 0 Å². The summed E-state index contributed by atoms with van der Waals surface area (Å²) in [6, 6.07) is 13.6. The number of hydrogen-bond donors (Lipinski definition) is 2. The molecule has 0 atom stereocenters. The van der Waals surface area contributed by atoms with E-state index in [2.05, 4.69) is 19.8 Å². The number of aromatic nitrogens is 4. The maximum absolute atomic E-state index is 9.46. The first-order valence-electron chi connectivity index (χ1n) is 9.95. The molecule has 0 bridgehead atoms. The van der Waals surface area contributed by atoms with Crippen LogP contribution in [0.15, 0.2) is 55.0 Å². The minimum absolute atomic E-state index is 0.0408. The Labute approximate surface area is 180 Å². The molecule has 0 aliphatic carbocycles. The predicted octanol–water partition coefficient (Wildman–Crippen LogP) is 4.18. The summed E-state index contributed by atoms with van der Waals surface area (Å²) < 4.78 is 1.99. The van der Waals surface area contributed by atoms with Crippen LogP contribution in [-0.4, -0.2) is 31.2 Å². The third-order valence-corrected chi connectivity index (χ3v) is 5.11. The average molecular weight is 410 g/mol. The molecule has 0 aliphatic heterocycles. The van der Waals surface area contributed by atoms with Gasteiger partial charge in [-0.05, 0) is 37.1 Å². The molecule has 1 aromatic carbocycles. The number of pyridine rings is 1. The molecule has 0 aliphatic rings. The molecule has 7 heteroatoms. The van der Waals surface area contributed by atoms with E-state index in [-0.39, 0.29) is 6.61 Å². The third kappa shape index (κ3) is 3.89. The summed E-state index contributed by atoms with van der Waals surface area (Å²) in [5, 5.41) is 10.2. The van der Waals surface area contributed by atoms with Crippen molar-refractivity contribution in [2.24, 2.45) is 0 Å². The van der Waals surface area contributed by atoms with Gasteiger partial charge in [0, 0.05) is 30.6 Å². The molecule has 7 nitrogen and oxygen atoms in total. The highest BCUT2D eigenvalue weighted by molar-refractivity contribution is 6.06. The molecule has 0 radical (unpaired) electrons. The van der Waals surface area contributed by atoms with Crippen molar-refractivity contribution in [2.45, 2.75) is 19.9 Å². The number of hydrogen-bond acceptors (Lipinski definition) is 5. The van der Waals surface area contributed by atoms with Crippen molar-refractivity contribution in [3.63, 3.8) is 0 Å². The van der Waals surface area contributed by atoms with E-state index in [1.807, 2.05) is 60.0 Å². The highest BCUT2D eigenvalue weighted by atomic mass is 16.3. The Balaban J connectivity index is 2.07. The normalized spacial score (nSPS) is 11.6. The first kappa shape index (κ1) is 20.3. The Morgan fingerprint density at radius 1 is 1.16 bits per heavy atom. The molecular weight excluding hydrogens is 388 g/mol. The van der Waals surface area contributed by atoms with Crippen LogP contribution in [0.1, 0.15) is 23.4 Å². The Morgan fingerprint density at radius 3 is 2.65 bits per heavy atom. The van der Waals surface area contributed by atoms with Gasteiger partial charge in [-0.2, -0.15) is 0 Å². The molecule has 3 aromatic heterocycles. The van der Waals surface area contributed by atoms with Gasteiger partial charge in [-0.25, -0.2) is 14.8 Å². The Bertz CT molecular complexity index is 1280. The maximum atomic E-state index is 9.46. The number of benzene rings is 1. The van der Waals surface area contributed by atoms with Crippen molar-refractivity contribution >= 4 is 28.6 Å². The van der Waals surface area contributed by atoms with Gasteiger partial charge in [0.05, 0.1) is 17.7 Å². The van der Waals surface area contributed by atoms with Crippen molar-refractivity contribution < 1.29 is 5.11 Å². The second-order valence-corrected chi connectivity index (χ2v) is 7.17. The SMILES string of the molecule is [C-]#[N+]/C(=C\c1c(-c2ccc(C)cc2)c2c(N)ncnc2n1CCCO)c1ccccn1. The largest absolute Gasteiger partial charge is 0.396 e. The lowest BCUT2D eigenvalue weighted by atomic mass is 10.0. The quantitative estimate of drug-likeness (QED) is 0.465. The number of aryl methyl sites for hydroxylation is 2. The van der Waals surface area contributed by atoms with E-state index >= 15 is 0 Å². The van der Waals surface area contributed by atoms with Crippen molar-refractivity contribution in [1.29, 1.82) is 0 Å². The van der Waals surface area contributed by atoms with E-state index in [1.54, 1.807) is 6.20 Å². The molecule has 0 unspecified atom stereocenters. The first-order chi connectivity index (χ1) is 15.1. The second-order valence-electron chi connectivity index (χ2n) is 7.17. The van der Waals surface area contributed by atoms with Crippen molar-refractivity contribution in [2.75, 3.05) is 12.3 Å². The predicted molar refractivity (Wildman–Crippen MR) is 123 cm³/mol. The van der Waals surface area contributed by atoms with Crippen LogP contribution in [0.25, 0.3) is 38.8 Å². The zero-order valence-electron chi connectivity index (χ0n) is 17.2. The van der Waals surface area contributed by atoms with Gasteiger partial charge < -0.3 is 15.4 Å². The number of nitrogens with two attached hydrogens (primary N) is 1. The number of nitrogens with zero attached hydrogens (tertiary/aromatic N) is 5. The van der Waals surface area contributed by atoms with Gasteiger partial charge in [-0.3, -0.25) is 4.98 Å². The van der Waals surface area contributed by atoms with E-state index in [1.165, 1.54) is 6.33 Å². The maximum Gasteiger partial charge on any atom is 0.214 e. The number of nitrogen functional groups attached to an aromatic ring is 1. The van der Waals surface area contributed by atoms with Crippen molar-refractivity contribution in [3.8, 4) is 11.1 Å². The van der Waals surface area contributed by atoms with Gasteiger partial charge >= 0.3 is 0 Å². The Kier molecular flexibility index (Phi) is 5.74. The number of rotatable bonds is 6. The number of fused-ring (bicyclic) bond motifs is 1. The zero-order valence-corrected chi connectivity index (χ0v) is 17.2. The number of aliphatic hydroxyl groups excluding tert-OH is 1. The third-order valence-electron chi connectivity index (χ3n) is 5.11. The fraction of sp³-hybridized carbons (Fsp3) is 0.167. The van der Waals surface area contributed by atoms with Crippen molar-refractivity contribution in [3.05, 3.63) is 83.4 Å². The summed E-state index contributed by atoms with van der Waals surface area (Å²) in [7, 11) is 0. The van der Waals surface area contributed by atoms with Crippen LogP contribution in [0.4, 0.5) is 5.82 Å². The summed E-state index contributed by atoms with van der Waals surface area (Å²) in [6.07, 6.45) is 5.47. The fourth-order valence-corrected chi connectivity index (χ4v) is 3.64. The van der Waals surface area contributed by atoms with Gasteiger partial charge in [0.1, 0.15) is 17.8 Å². The second kappa shape index (κ2) is 8.78. The van der Waals surface area contributed by atoms with Crippen LogP contribution in [0, 0.1) is 13.5 Å². The van der Waals surface area contributed by atoms with Crippen LogP contribution < -0.4 is 5.73 Å². The lowest BCUT2D eigenvalue weighted by Gasteiger charge is -2.10. The van der Waals surface area contributed by atoms with E-state index in [4.69, 9.17) is 12.3 Å². The van der Waals surface area contributed by atoms with Gasteiger partial charge in [0.15, 0.2) is 0 Å². The Hall–Kier alpha value is -4.02. The molecule has 0 saturated carbocycles. The van der Waals surface area contributed by atoms with Crippen LogP contribution in [-0.2, 0) is 6.54 Å². The average Bonchev–Trinajstić information content (AvgIpc) is 3.11. The smallest absolute Gasteiger partial charge is 0.214 e. The van der Waals surface area contributed by atoms with E-state index in [0.29, 0.717) is 35.8 Å². The monoisotopic (exact) mass is 410 g/mol. The minimum atomic E-state index is 0.0408. The van der Waals surface area contributed by atoms with E-state index in [0.717, 1.165) is 27.8 Å². The molecule has 0 amide bonds. The van der Waals surface area contributed by atoms with Gasteiger partial charge in [0.2, 0.25) is 5.70 Å². The topological polar surface area (TPSA) is 94.2 Å². The van der Waals surface area contributed by atoms with Crippen LogP contribution >= 0.6 is 0 Å². The Morgan fingerprint density at radius 2 is 1.97 bits per heavy atom. The summed E-state index contributed by atoms with van der Waals surface area (Å²) in [4.78, 5) is 16.8. The van der Waals surface area contributed by atoms with Crippen LogP contribution in [0.5, 0.6) is 0 Å². The summed E-state index contributed by atoms with van der Waals surface area (Å²) in [5.41, 5.74) is 11.7. The molecule has 4 aromatic rings. The minimum Gasteiger partial charge on any atom is -0.396 e. The number of aliphatic hydroxyl groups is 1. The molecule has 31 heavy (non-hydrogen) atoms.